The van der Waals surface area contributed by atoms with Crippen molar-refractivity contribution in [2.24, 2.45) is 5.73 Å². The zero-order valence-corrected chi connectivity index (χ0v) is 14.1. The molecule has 1 amide bonds. The van der Waals surface area contributed by atoms with Crippen LogP contribution in [0.2, 0.25) is 10.0 Å². The molecule has 0 radical (unpaired) electrons. The van der Waals surface area contributed by atoms with Crippen LogP contribution in [0.1, 0.15) is 6.92 Å². The van der Waals surface area contributed by atoms with Crippen LogP contribution in [0.3, 0.4) is 0 Å². The van der Waals surface area contributed by atoms with Crippen LogP contribution in [0, 0.1) is 0 Å². The molecule has 2 N–H and O–H groups in total. The minimum Gasteiger partial charge on any atom is -0.369 e. The van der Waals surface area contributed by atoms with Crippen LogP contribution in [0.5, 0.6) is 0 Å². The highest BCUT2D eigenvalue weighted by atomic mass is 35.5. The van der Waals surface area contributed by atoms with E-state index in [4.69, 9.17) is 28.9 Å². The number of hydrogen-bond donors (Lipinski definition) is 1. The summed E-state index contributed by atoms with van der Waals surface area (Å²) < 4.78 is 1.83. The Kier molecular flexibility index (Phi) is 5.50. The summed E-state index contributed by atoms with van der Waals surface area (Å²) in [5, 5.41) is 9.48. The van der Waals surface area contributed by atoms with E-state index in [0.29, 0.717) is 33.1 Å². The Morgan fingerprint density at radius 1 is 1.50 bits per heavy atom. The Bertz CT molecular complexity index is 717. The van der Waals surface area contributed by atoms with Gasteiger partial charge in [-0.1, -0.05) is 41.0 Å². The Balaban J connectivity index is 2.46. The fourth-order valence-corrected chi connectivity index (χ4v) is 3.06. The summed E-state index contributed by atoms with van der Waals surface area (Å²) in [4.78, 5) is 11.2. The van der Waals surface area contributed by atoms with E-state index in [0.717, 1.165) is 0 Å². The molecule has 0 fully saturated rings. The van der Waals surface area contributed by atoms with Crippen molar-refractivity contribution in [1.29, 1.82) is 0 Å². The van der Waals surface area contributed by atoms with Crippen molar-refractivity contribution in [3.05, 3.63) is 40.9 Å². The number of allylic oxidation sites excluding steroid dienone is 1. The number of halogens is 2. The van der Waals surface area contributed by atoms with Crippen molar-refractivity contribution < 1.29 is 4.79 Å². The number of rotatable bonds is 6. The fraction of sp³-hybridized carbons (Fsp3) is 0.214. The van der Waals surface area contributed by atoms with E-state index < -0.39 is 11.2 Å². The molecule has 0 saturated heterocycles. The zero-order chi connectivity index (χ0) is 16.3. The van der Waals surface area contributed by atoms with Gasteiger partial charge in [-0.25, -0.2) is 0 Å². The number of nitrogens with two attached hydrogens (primary N) is 1. The lowest BCUT2D eigenvalue weighted by Gasteiger charge is -2.10. The molecule has 0 aliphatic carbocycles. The quantitative estimate of drug-likeness (QED) is 0.635. The highest BCUT2D eigenvalue weighted by Crippen LogP contribution is 2.32. The molecule has 22 heavy (non-hydrogen) atoms. The number of hydrogen-bond acceptors (Lipinski definition) is 4. The molecule has 0 spiro atoms. The maximum Gasteiger partial charge on any atom is 0.230 e. The fourth-order valence-electron chi connectivity index (χ4n) is 1.76. The van der Waals surface area contributed by atoms with E-state index in [2.05, 4.69) is 16.8 Å². The number of carbonyl (C=O) groups is 1. The lowest BCUT2D eigenvalue weighted by molar-refractivity contribution is -0.117. The largest absolute Gasteiger partial charge is 0.369 e. The van der Waals surface area contributed by atoms with Gasteiger partial charge < -0.3 is 5.73 Å². The van der Waals surface area contributed by atoms with Crippen molar-refractivity contribution in [3.8, 4) is 11.4 Å². The number of carbonyl (C=O) groups excluding carboxylic acids is 1. The molecule has 0 bridgehead atoms. The molecule has 2 aromatic rings. The molecule has 8 heteroatoms. The Labute approximate surface area is 142 Å². The van der Waals surface area contributed by atoms with Crippen LogP contribution in [0.15, 0.2) is 36.0 Å². The molecule has 1 atom stereocenters. The smallest absolute Gasteiger partial charge is 0.230 e. The molecule has 2 rings (SSSR count). The minimum atomic E-state index is -0.415. The molecule has 116 valence electrons. The second-order valence-electron chi connectivity index (χ2n) is 4.49. The summed E-state index contributed by atoms with van der Waals surface area (Å²) in [5.41, 5.74) is 6.00. The van der Waals surface area contributed by atoms with E-state index in [9.17, 15) is 4.79 Å². The third kappa shape index (κ3) is 3.63. The molecular weight excluding hydrogens is 343 g/mol. The number of benzene rings is 1. The number of nitrogens with zero attached hydrogens (tertiary/aromatic N) is 3. The van der Waals surface area contributed by atoms with Crippen LogP contribution >= 0.6 is 35.0 Å². The SMILES string of the molecule is C=CCn1c(S[C@H](C)C(N)=O)nnc1-c1ccc(Cl)cc1Cl. The van der Waals surface area contributed by atoms with E-state index in [1.807, 2.05) is 4.57 Å². The first kappa shape index (κ1) is 16.9. The van der Waals surface area contributed by atoms with Gasteiger partial charge in [0, 0.05) is 17.1 Å². The minimum absolute atomic E-state index is 0.413. The van der Waals surface area contributed by atoms with Gasteiger partial charge in [0.15, 0.2) is 11.0 Å². The highest BCUT2D eigenvalue weighted by Gasteiger charge is 2.20. The Morgan fingerprint density at radius 3 is 2.82 bits per heavy atom. The highest BCUT2D eigenvalue weighted by molar-refractivity contribution is 8.00. The summed E-state index contributed by atoms with van der Waals surface area (Å²) >= 11 is 13.4. The van der Waals surface area contributed by atoms with Crippen LogP contribution in [0.25, 0.3) is 11.4 Å². The number of primary amides is 1. The second kappa shape index (κ2) is 7.17. The number of aromatic nitrogens is 3. The molecule has 1 heterocycles. The zero-order valence-electron chi connectivity index (χ0n) is 11.8. The van der Waals surface area contributed by atoms with Crippen molar-refractivity contribution in [2.45, 2.75) is 23.9 Å². The van der Waals surface area contributed by atoms with Gasteiger partial charge in [-0.3, -0.25) is 9.36 Å². The molecule has 5 nitrogen and oxygen atoms in total. The maximum atomic E-state index is 11.2. The molecule has 0 unspecified atom stereocenters. The van der Waals surface area contributed by atoms with Crippen LogP contribution in [0.4, 0.5) is 0 Å². The number of thioether (sulfide) groups is 1. The van der Waals surface area contributed by atoms with Gasteiger partial charge in [-0.15, -0.1) is 16.8 Å². The first-order chi connectivity index (χ1) is 10.4. The molecule has 0 aliphatic heterocycles. The predicted octanol–water partition coefficient (Wildman–Crippen LogP) is 3.40. The summed E-state index contributed by atoms with van der Waals surface area (Å²) in [7, 11) is 0. The lowest BCUT2D eigenvalue weighted by atomic mass is 10.2. The van der Waals surface area contributed by atoms with Gasteiger partial charge in [-0.05, 0) is 25.1 Å². The summed E-state index contributed by atoms with van der Waals surface area (Å²) in [6.45, 7) is 5.93. The Morgan fingerprint density at radius 2 is 2.23 bits per heavy atom. The first-order valence-corrected chi connectivity index (χ1v) is 8.03. The third-order valence-electron chi connectivity index (χ3n) is 2.88. The molecule has 0 saturated carbocycles. The standard InChI is InChI=1S/C14H14Cl2N4OS/c1-3-6-20-13(10-5-4-9(15)7-11(10)16)18-19-14(20)22-8(2)12(17)21/h3-5,7-8H,1,6H2,2H3,(H2,17,21)/t8-/m1/s1. The van der Waals surface area contributed by atoms with Crippen molar-refractivity contribution in [3.63, 3.8) is 0 Å². The molecule has 0 aliphatic rings. The number of amides is 1. The van der Waals surface area contributed by atoms with E-state index in [-0.39, 0.29) is 0 Å². The van der Waals surface area contributed by atoms with E-state index in [1.165, 1.54) is 11.8 Å². The van der Waals surface area contributed by atoms with E-state index >= 15 is 0 Å². The average Bonchev–Trinajstić information content (AvgIpc) is 2.82. The normalized spacial score (nSPS) is 12.1. The molecule has 1 aromatic carbocycles. The van der Waals surface area contributed by atoms with Gasteiger partial charge in [0.05, 0.1) is 10.3 Å². The maximum absolute atomic E-state index is 11.2. The van der Waals surface area contributed by atoms with E-state index in [1.54, 1.807) is 31.2 Å². The van der Waals surface area contributed by atoms with Gasteiger partial charge >= 0.3 is 0 Å². The second-order valence-corrected chi connectivity index (χ2v) is 6.64. The predicted molar refractivity (Wildman–Crippen MR) is 90.2 cm³/mol. The summed E-state index contributed by atoms with van der Waals surface area (Å²) in [6.07, 6.45) is 1.72. The lowest BCUT2D eigenvalue weighted by Crippen LogP contribution is -2.23. The van der Waals surface area contributed by atoms with Crippen molar-refractivity contribution >= 4 is 40.9 Å². The van der Waals surface area contributed by atoms with Crippen LogP contribution < -0.4 is 5.73 Å². The van der Waals surface area contributed by atoms with Gasteiger partial charge in [0.1, 0.15) is 0 Å². The van der Waals surface area contributed by atoms with Gasteiger partial charge in [0.25, 0.3) is 0 Å². The van der Waals surface area contributed by atoms with Crippen molar-refractivity contribution in [2.75, 3.05) is 0 Å². The monoisotopic (exact) mass is 356 g/mol. The van der Waals surface area contributed by atoms with Crippen LogP contribution in [-0.2, 0) is 11.3 Å². The van der Waals surface area contributed by atoms with Crippen LogP contribution in [-0.4, -0.2) is 25.9 Å². The Hall–Kier alpha value is -1.50. The average molecular weight is 357 g/mol. The topological polar surface area (TPSA) is 73.8 Å². The summed E-state index contributed by atoms with van der Waals surface area (Å²) in [6, 6.07) is 5.15. The molecular formula is C14H14Cl2N4OS. The van der Waals surface area contributed by atoms with Gasteiger partial charge in [0.2, 0.25) is 5.91 Å². The third-order valence-corrected chi connectivity index (χ3v) is 4.53. The summed E-state index contributed by atoms with van der Waals surface area (Å²) in [5.74, 6) is 0.171. The first-order valence-electron chi connectivity index (χ1n) is 6.39. The van der Waals surface area contributed by atoms with Gasteiger partial charge in [-0.2, -0.15) is 0 Å². The molecule has 1 aromatic heterocycles. The van der Waals surface area contributed by atoms with Crippen molar-refractivity contribution in [1.82, 2.24) is 14.8 Å².